The first kappa shape index (κ1) is 21.8. The van der Waals surface area contributed by atoms with Gasteiger partial charge in [-0.1, -0.05) is 0 Å². The van der Waals surface area contributed by atoms with Gasteiger partial charge in [-0.3, -0.25) is 0 Å². The summed E-state index contributed by atoms with van der Waals surface area (Å²) in [5.74, 6) is 0.240. The molecule has 0 saturated heterocycles. The number of aliphatic imine (C=N–C) groups is 1. The number of aromatic hydroxyl groups is 1. The Bertz CT molecular complexity index is 1360. The zero-order chi connectivity index (χ0) is 21.9. The van der Waals surface area contributed by atoms with E-state index in [0.29, 0.717) is 0 Å². The van der Waals surface area contributed by atoms with Gasteiger partial charge in [-0.25, -0.2) is 0 Å². The average molecular weight is 730 g/mol. The van der Waals surface area contributed by atoms with Gasteiger partial charge < -0.3 is 0 Å². The Morgan fingerprint density at radius 3 is 2.52 bits per heavy atom. The predicted molar refractivity (Wildman–Crippen MR) is 145 cm³/mol. The molecule has 0 saturated carbocycles. The number of benzene rings is 2. The summed E-state index contributed by atoms with van der Waals surface area (Å²) < 4.78 is 4.39. The zero-order valence-corrected chi connectivity index (χ0v) is 24.2. The third-order valence-electron chi connectivity index (χ3n) is 5.74. The van der Waals surface area contributed by atoms with Crippen molar-refractivity contribution in [1.82, 2.24) is 0 Å². The number of hydrogen-bond acceptors (Lipinski definition) is 3. The summed E-state index contributed by atoms with van der Waals surface area (Å²) in [6.45, 7) is 2.26. The molecule has 1 unspecified atom stereocenters. The first-order valence-corrected chi connectivity index (χ1v) is 16.3. The van der Waals surface area contributed by atoms with Gasteiger partial charge in [0.1, 0.15) is 0 Å². The number of fused-ring (bicyclic) bond motifs is 2. The normalized spacial score (nSPS) is 19.5. The number of phenols is 1. The fraction of sp³-hybridized carbons (Fsp3) is 0.0435. The first-order chi connectivity index (χ1) is 14.8. The number of carbonyl (C=O) groups is 1. The Balaban J connectivity index is 1.94. The minimum absolute atomic E-state index is 0.0156. The number of nitrogens with zero attached hydrogens (tertiary/aromatic N) is 1. The van der Waals surface area contributed by atoms with Crippen LogP contribution in [-0.4, -0.2) is 39.2 Å². The van der Waals surface area contributed by atoms with Crippen LogP contribution in [0.25, 0.3) is 10.0 Å². The van der Waals surface area contributed by atoms with Crippen LogP contribution >= 0.6 is 54.5 Å². The zero-order valence-electron chi connectivity index (χ0n) is 16.1. The van der Waals surface area contributed by atoms with Crippen molar-refractivity contribution < 1.29 is 9.90 Å². The van der Waals surface area contributed by atoms with E-state index in [1.807, 2.05) is 30.3 Å². The van der Waals surface area contributed by atoms with Crippen LogP contribution < -0.4 is 10.4 Å². The van der Waals surface area contributed by atoms with E-state index in [2.05, 4.69) is 73.1 Å². The van der Waals surface area contributed by atoms with Crippen molar-refractivity contribution in [2.45, 2.75) is 6.55 Å². The molecule has 1 N–H and O–H groups in total. The second kappa shape index (κ2) is 8.08. The van der Waals surface area contributed by atoms with Crippen LogP contribution in [-0.2, 0) is 4.79 Å². The van der Waals surface area contributed by atoms with Crippen LogP contribution in [0.1, 0.15) is 0 Å². The van der Waals surface area contributed by atoms with Crippen LogP contribution in [0.2, 0.25) is 6.55 Å². The molecule has 2 aliphatic rings. The topological polar surface area (TPSA) is 49.7 Å². The van der Waals surface area contributed by atoms with Crippen molar-refractivity contribution >= 4 is 105 Å². The van der Waals surface area contributed by atoms with E-state index in [9.17, 15) is 9.90 Å². The van der Waals surface area contributed by atoms with Crippen molar-refractivity contribution in [3.8, 4) is 15.8 Å². The fourth-order valence-electron chi connectivity index (χ4n) is 4.28. The molecule has 0 spiro atoms. The SMILES string of the molecule is C[Si]1(c2ccccc2)C2=CC(=O)C=CC2=Nc2ccc(O)c(-c3[se]c(Br)c(I)c3Br)c21. The van der Waals surface area contributed by atoms with E-state index in [1.165, 1.54) is 5.19 Å². The van der Waals surface area contributed by atoms with Gasteiger partial charge in [0.25, 0.3) is 0 Å². The average Bonchev–Trinajstić information content (AvgIpc) is 3.02. The molecule has 3 nitrogen and oxygen atoms in total. The number of phenolic OH excluding ortho intramolecular Hbond substituents is 1. The number of allylic oxidation sites excluding steroid dienone is 4. The Kier molecular flexibility index (Phi) is 5.68. The van der Waals surface area contributed by atoms with Gasteiger partial charge in [0, 0.05) is 0 Å². The maximum absolute atomic E-state index is 12.4. The van der Waals surface area contributed by atoms with E-state index in [1.54, 1.807) is 18.2 Å². The standard InChI is InChI=1S/C23H14Br2INO2SeSi/c1-31(13-5-3-2-4-6-13)17-11-12(28)7-8-14(17)27-15-9-10-16(29)18(22(15)31)21-19(24)20(26)23(25)30-21/h2-11,29H,1H3. The molecule has 3 aromatic rings. The van der Waals surface area contributed by atoms with Crippen LogP contribution in [0.3, 0.4) is 0 Å². The summed E-state index contributed by atoms with van der Waals surface area (Å²) in [6.07, 6.45) is 5.16. The van der Waals surface area contributed by atoms with Gasteiger partial charge >= 0.3 is 219 Å². The minimum atomic E-state index is -2.64. The summed E-state index contributed by atoms with van der Waals surface area (Å²) >= 11 is 9.82. The van der Waals surface area contributed by atoms with Gasteiger partial charge in [-0.15, -0.1) is 0 Å². The Morgan fingerprint density at radius 1 is 1.10 bits per heavy atom. The molecule has 0 bridgehead atoms. The monoisotopic (exact) mass is 729 g/mol. The molecule has 5 rings (SSSR count). The number of hydrogen-bond donors (Lipinski definition) is 1. The molecule has 8 heteroatoms. The van der Waals surface area contributed by atoms with Crippen LogP contribution in [0.5, 0.6) is 5.75 Å². The molecule has 2 aromatic carbocycles. The molecule has 31 heavy (non-hydrogen) atoms. The van der Waals surface area contributed by atoms with E-state index < -0.39 is 8.07 Å². The molecule has 0 fully saturated rings. The molecule has 154 valence electrons. The quantitative estimate of drug-likeness (QED) is 0.226. The summed E-state index contributed by atoms with van der Waals surface area (Å²) in [5, 5.41) is 14.4. The van der Waals surface area contributed by atoms with E-state index in [-0.39, 0.29) is 26.0 Å². The predicted octanol–water partition coefficient (Wildman–Crippen LogP) is 5.13. The van der Waals surface area contributed by atoms with Gasteiger partial charge in [0.05, 0.1) is 0 Å². The molecule has 2 heterocycles. The Morgan fingerprint density at radius 2 is 1.84 bits per heavy atom. The second-order valence-electron chi connectivity index (χ2n) is 7.47. The van der Waals surface area contributed by atoms with Crippen LogP contribution in [0.15, 0.2) is 78.7 Å². The van der Waals surface area contributed by atoms with Crippen LogP contribution in [0.4, 0.5) is 5.69 Å². The fourth-order valence-corrected chi connectivity index (χ4v) is 14.2. The number of ketones is 1. The van der Waals surface area contributed by atoms with Gasteiger partial charge in [-0.05, 0) is 0 Å². The molecular formula is C23H14Br2INO2SeSi. The van der Waals surface area contributed by atoms with Crippen molar-refractivity contribution in [3.05, 3.63) is 77.3 Å². The second-order valence-corrected chi connectivity index (χ2v) is 17.3. The number of halogens is 3. The van der Waals surface area contributed by atoms with Gasteiger partial charge in [-0.2, -0.15) is 0 Å². The van der Waals surface area contributed by atoms with Crippen LogP contribution in [0, 0.1) is 3.57 Å². The van der Waals surface area contributed by atoms with Crippen molar-refractivity contribution in [3.63, 3.8) is 0 Å². The molecule has 1 aromatic heterocycles. The first-order valence-electron chi connectivity index (χ1n) is 9.41. The maximum atomic E-state index is 12.4. The summed E-state index contributed by atoms with van der Waals surface area (Å²) in [7, 11) is -2.64. The molecule has 1 atom stereocenters. The molecule has 1 aliphatic heterocycles. The van der Waals surface area contributed by atoms with Gasteiger partial charge in [0.15, 0.2) is 0 Å². The summed E-state index contributed by atoms with van der Waals surface area (Å²) in [5.41, 5.74) is 2.58. The summed E-state index contributed by atoms with van der Waals surface area (Å²) in [4.78, 5) is 17.4. The van der Waals surface area contributed by atoms with Crippen molar-refractivity contribution in [2.24, 2.45) is 4.99 Å². The number of carbonyl (C=O) groups excluding carboxylic acids is 1. The van der Waals surface area contributed by atoms with E-state index >= 15 is 0 Å². The molecule has 0 radical (unpaired) electrons. The number of rotatable bonds is 2. The van der Waals surface area contributed by atoms with Crippen molar-refractivity contribution in [1.29, 1.82) is 0 Å². The van der Waals surface area contributed by atoms with E-state index in [0.717, 1.165) is 43.2 Å². The summed E-state index contributed by atoms with van der Waals surface area (Å²) in [6, 6.07) is 14.0. The Labute approximate surface area is 217 Å². The van der Waals surface area contributed by atoms with E-state index in [4.69, 9.17) is 4.99 Å². The Hall–Kier alpha value is -1.03. The third kappa shape index (κ3) is 3.38. The van der Waals surface area contributed by atoms with Gasteiger partial charge in [0.2, 0.25) is 0 Å². The molecule has 0 amide bonds. The third-order valence-corrected chi connectivity index (χ3v) is 18.3. The molecular weight excluding hydrogens is 716 g/mol. The molecule has 1 aliphatic carbocycles. The van der Waals surface area contributed by atoms with Crippen molar-refractivity contribution in [2.75, 3.05) is 0 Å².